The molecule has 3 aromatic rings. The van der Waals surface area contributed by atoms with Gasteiger partial charge in [0.15, 0.2) is 0 Å². The van der Waals surface area contributed by atoms with Crippen LogP contribution in [-0.4, -0.2) is 11.0 Å². The average molecular weight is 355 g/mol. The van der Waals surface area contributed by atoms with Gasteiger partial charge in [-0.3, -0.25) is 10.1 Å². The number of nitrogens with zero attached hydrogens (tertiary/aromatic N) is 1. The van der Waals surface area contributed by atoms with Crippen LogP contribution in [0, 0.1) is 10.1 Å². The molecule has 4 rings (SSSR count). The molecule has 0 aliphatic heterocycles. The fourth-order valence-electron chi connectivity index (χ4n) is 4.23. The SMILES string of the molecule is O=[N+]([O-])C1C(c2ccccc2)C=CC(c2ccccc2)C1c1ccccc1. The predicted molar refractivity (Wildman–Crippen MR) is 107 cm³/mol. The summed E-state index contributed by atoms with van der Waals surface area (Å²) < 4.78 is 0. The monoisotopic (exact) mass is 355 g/mol. The van der Waals surface area contributed by atoms with E-state index in [1.807, 2.05) is 84.9 Å². The summed E-state index contributed by atoms with van der Waals surface area (Å²) in [5.41, 5.74) is 3.11. The molecule has 3 heteroatoms. The maximum absolute atomic E-state index is 12.3. The Morgan fingerprint density at radius 3 is 1.48 bits per heavy atom. The van der Waals surface area contributed by atoms with E-state index in [9.17, 15) is 10.1 Å². The van der Waals surface area contributed by atoms with Crippen molar-refractivity contribution in [2.45, 2.75) is 23.8 Å². The molecular weight excluding hydrogens is 334 g/mol. The van der Waals surface area contributed by atoms with E-state index in [1.54, 1.807) is 0 Å². The summed E-state index contributed by atoms with van der Waals surface area (Å²) in [6.07, 6.45) is 4.19. The lowest BCUT2D eigenvalue weighted by Gasteiger charge is -2.35. The first kappa shape index (κ1) is 17.2. The third-order valence-electron chi connectivity index (χ3n) is 5.45. The molecule has 3 aromatic carbocycles. The van der Waals surface area contributed by atoms with Gasteiger partial charge in [-0.1, -0.05) is 103 Å². The van der Waals surface area contributed by atoms with Gasteiger partial charge in [-0.25, -0.2) is 0 Å². The molecule has 134 valence electrons. The predicted octanol–water partition coefficient (Wildman–Crippen LogP) is 5.55. The maximum Gasteiger partial charge on any atom is 0.230 e. The quantitative estimate of drug-likeness (QED) is 0.350. The van der Waals surface area contributed by atoms with Crippen molar-refractivity contribution in [3.05, 3.63) is 130 Å². The van der Waals surface area contributed by atoms with Crippen LogP contribution in [0.3, 0.4) is 0 Å². The largest absolute Gasteiger partial charge is 0.264 e. The average Bonchev–Trinajstić information content (AvgIpc) is 2.74. The summed E-state index contributed by atoms with van der Waals surface area (Å²) >= 11 is 0. The first-order chi connectivity index (χ1) is 13.3. The summed E-state index contributed by atoms with van der Waals surface area (Å²) in [6.45, 7) is 0. The van der Waals surface area contributed by atoms with Crippen molar-refractivity contribution < 1.29 is 4.92 Å². The van der Waals surface area contributed by atoms with Crippen LogP contribution in [-0.2, 0) is 0 Å². The molecule has 0 fully saturated rings. The van der Waals surface area contributed by atoms with Crippen LogP contribution >= 0.6 is 0 Å². The van der Waals surface area contributed by atoms with E-state index in [-0.39, 0.29) is 22.7 Å². The Morgan fingerprint density at radius 2 is 1.00 bits per heavy atom. The molecule has 0 N–H and O–H groups in total. The lowest BCUT2D eigenvalue weighted by Crippen LogP contribution is -2.38. The smallest absolute Gasteiger partial charge is 0.230 e. The zero-order valence-electron chi connectivity index (χ0n) is 14.9. The summed E-state index contributed by atoms with van der Waals surface area (Å²) in [6, 6.07) is 29.1. The summed E-state index contributed by atoms with van der Waals surface area (Å²) in [5.74, 6) is -0.492. The van der Waals surface area contributed by atoms with Gasteiger partial charge >= 0.3 is 0 Å². The highest BCUT2D eigenvalue weighted by Crippen LogP contribution is 2.46. The van der Waals surface area contributed by atoms with Gasteiger partial charge in [0.2, 0.25) is 6.04 Å². The number of rotatable bonds is 4. The number of benzene rings is 3. The Hall–Kier alpha value is -3.20. The normalized spacial score (nSPS) is 24.4. The minimum atomic E-state index is -0.718. The molecule has 0 radical (unpaired) electrons. The van der Waals surface area contributed by atoms with Gasteiger partial charge in [0.05, 0.1) is 11.8 Å². The minimum absolute atomic E-state index is 0.0241. The number of hydrogen-bond donors (Lipinski definition) is 0. The molecule has 0 saturated heterocycles. The van der Waals surface area contributed by atoms with Crippen molar-refractivity contribution in [3.8, 4) is 0 Å². The van der Waals surface area contributed by atoms with E-state index in [0.29, 0.717) is 0 Å². The molecule has 0 heterocycles. The van der Waals surface area contributed by atoms with Crippen LogP contribution in [0.15, 0.2) is 103 Å². The second-order valence-electron chi connectivity index (χ2n) is 6.97. The molecule has 0 bridgehead atoms. The van der Waals surface area contributed by atoms with Crippen molar-refractivity contribution in [1.29, 1.82) is 0 Å². The van der Waals surface area contributed by atoms with E-state index in [1.165, 1.54) is 0 Å². The molecular formula is C24H21NO2. The molecule has 4 atom stereocenters. The molecule has 0 aromatic heterocycles. The lowest BCUT2D eigenvalue weighted by atomic mass is 9.68. The van der Waals surface area contributed by atoms with Crippen LogP contribution in [0.2, 0.25) is 0 Å². The highest BCUT2D eigenvalue weighted by molar-refractivity contribution is 5.39. The van der Waals surface area contributed by atoms with Gasteiger partial charge in [0.1, 0.15) is 0 Å². The van der Waals surface area contributed by atoms with Gasteiger partial charge in [-0.05, 0) is 16.7 Å². The van der Waals surface area contributed by atoms with Gasteiger partial charge < -0.3 is 0 Å². The Labute approximate surface area is 159 Å². The summed E-state index contributed by atoms with van der Waals surface area (Å²) in [7, 11) is 0. The van der Waals surface area contributed by atoms with Crippen LogP contribution in [0.4, 0.5) is 0 Å². The van der Waals surface area contributed by atoms with Crippen LogP contribution < -0.4 is 0 Å². The third kappa shape index (κ3) is 3.41. The Balaban J connectivity index is 1.87. The Kier molecular flexibility index (Phi) is 4.84. The second kappa shape index (κ2) is 7.58. The van der Waals surface area contributed by atoms with Crippen molar-refractivity contribution in [3.63, 3.8) is 0 Å². The standard InChI is InChI=1S/C24H21NO2/c26-25(27)24-22(19-12-6-2-7-13-19)17-16-21(18-10-4-1-5-11-18)23(24)20-14-8-3-9-15-20/h1-17,21-24H. The van der Waals surface area contributed by atoms with Gasteiger partial charge in [-0.15, -0.1) is 0 Å². The Bertz CT molecular complexity index is 922. The fourth-order valence-corrected chi connectivity index (χ4v) is 4.23. The van der Waals surface area contributed by atoms with Crippen molar-refractivity contribution in [2.24, 2.45) is 0 Å². The van der Waals surface area contributed by atoms with Crippen molar-refractivity contribution >= 4 is 0 Å². The second-order valence-corrected chi connectivity index (χ2v) is 6.97. The maximum atomic E-state index is 12.3. The van der Waals surface area contributed by atoms with Crippen LogP contribution in [0.25, 0.3) is 0 Å². The highest BCUT2D eigenvalue weighted by Gasteiger charge is 2.46. The topological polar surface area (TPSA) is 43.1 Å². The molecule has 0 amide bonds. The van der Waals surface area contributed by atoms with Crippen molar-refractivity contribution in [1.82, 2.24) is 0 Å². The number of hydrogen-bond acceptors (Lipinski definition) is 2. The molecule has 3 nitrogen and oxygen atoms in total. The van der Waals surface area contributed by atoms with Gasteiger partial charge in [0, 0.05) is 10.8 Å². The molecule has 1 aliphatic carbocycles. The van der Waals surface area contributed by atoms with E-state index >= 15 is 0 Å². The number of allylic oxidation sites excluding steroid dienone is 1. The highest BCUT2D eigenvalue weighted by atomic mass is 16.6. The summed E-state index contributed by atoms with van der Waals surface area (Å²) in [5, 5.41) is 12.3. The fraction of sp³-hybridized carbons (Fsp3) is 0.167. The van der Waals surface area contributed by atoms with Gasteiger partial charge in [0.25, 0.3) is 0 Å². The van der Waals surface area contributed by atoms with E-state index < -0.39 is 6.04 Å². The first-order valence-corrected chi connectivity index (χ1v) is 9.22. The van der Waals surface area contributed by atoms with E-state index in [0.717, 1.165) is 16.7 Å². The minimum Gasteiger partial charge on any atom is -0.264 e. The van der Waals surface area contributed by atoms with E-state index in [2.05, 4.69) is 18.2 Å². The lowest BCUT2D eigenvalue weighted by molar-refractivity contribution is -0.530. The molecule has 0 spiro atoms. The molecule has 1 aliphatic rings. The number of nitro groups is 1. The molecule has 27 heavy (non-hydrogen) atoms. The molecule has 0 saturated carbocycles. The summed E-state index contributed by atoms with van der Waals surface area (Å²) in [4.78, 5) is 12.2. The third-order valence-corrected chi connectivity index (χ3v) is 5.45. The van der Waals surface area contributed by atoms with Crippen LogP contribution in [0.1, 0.15) is 34.4 Å². The first-order valence-electron chi connectivity index (χ1n) is 9.22. The Morgan fingerprint density at radius 1 is 0.593 bits per heavy atom. The van der Waals surface area contributed by atoms with Gasteiger partial charge in [-0.2, -0.15) is 0 Å². The van der Waals surface area contributed by atoms with E-state index in [4.69, 9.17) is 0 Å². The zero-order valence-corrected chi connectivity index (χ0v) is 14.9. The molecule has 4 unspecified atom stereocenters. The van der Waals surface area contributed by atoms with Crippen LogP contribution in [0.5, 0.6) is 0 Å². The van der Waals surface area contributed by atoms with Crippen molar-refractivity contribution in [2.75, 3.05) is 0 Å². The zero-order chi connectivity index (χ0) is 18.6.